The maximum absolute atomic E-state index is 12.7. The van der Waals surface area contributed by atoms with Crippen molar-refractivity contribution < 1.29 is 18.0 Å². The molecule has 0 aliphatic heterocycles. The normalized spacial score (nSPS) is 11.4. The van der Waals surface area contributed by atoms with E-state index in [-0.39, 0.29) is 16.0 Å². The molecule has 0 unspecified atom stereocenters. The minimum atomic E-state index is -4.51. The Kier molecular flexibility index (Phi) is 3.56. The standard InChI is InChI=1S/C10H6BrF3N4O/c11-7-2-1-5(3-6(7)10(12,13)14)17-9(19)8-15-4-16-18-8/h1-4H,(H,17,19)(H,15,16,18). The lowest BCUT2D eigenvalue weighted by atomic mass is 10.2. The van der Waals surface area contributed by atoms with Crippen molar-refractivity contribution in [2.75, 3.05) is 5.32 Å². The Balaban J connectivity index is 2.25. The molecule has 19 heavy (non-hydrogen) atoms. The molecule has 0 aliphatic carbocycles. The first-order valence-corrected chi connectivity index (χ1v) is 5.70. The van der Waals surface area contributed by atoms with Crippen molar-refractivity contribution in [1.29, 1.82) is 0 Å². The number of hydrogen-bond acceptors (Lipinski definition) is 3. The van der Waals surface area contributed by atoms with E-state index in [1.54, 1.807) is 0 Å². The van der Waals surface area contributed by atoms with E-state index in [4.69, 9.17) is 0 Å². The molecular formula is C10H6BrF3N4O. The van der Waals surface area contributed by atoms with Gasteiger partial charge in [-0.1, -0.05) is 15.9 Å². The van der Waals surface area contributed by atoms with Gasteiger partial charge in [-0.2, -0.15) is 18.3 Å². The lowest BCUT2D eigenvalue weighted by molar-refractivity contribution is -0.138. The molecular weight excluding hydrogens is 329 g/mol. The Morgan fingerprint density at radius 1 is 1.37 bits per heavy atom. The fourth-order valence-corrected chi connectivity index (χ4v) is 1.80. The molecule has 0 aliphatic rings. The number of carbonyl (C=O) groups is 1. The van der Waals surface area contributed by atoms with E-state index in [2.05, 4.69) is 36.4 Å². The summed E-state index contributed by atoms with van der Waals surface area (Å²) < 4.78 is 37.9. The van der Waals surface area contributed by atoms with Crippen molar-refractivity contribution in [3.8, 4) is 0 Å². The molecule has 0 atom stereocenters. The number of benzene rings is 1. The van der Waals surface area contributed by atoms with Crippen molar-refractivity contribution in [3.05, 3.63) is 40.4 Å². The number of halogens is 4. The smallest absolute Gasteiger partial charge is 0.319 e. The van der Waals surface area contributed by atoms with Crippen LogP contribution in [-0.4, -0.2) is 21.1 Å². The molecule has 0 radical (unpaired) electrons. The Hall–Kier alpha value is -1.90. The maximum Gasteiger partial charge on any atom is 0.417 e. The summed E-state index contributed by atoms with van der Waals surface area (Å²) >= 11 is 2.81. The number of hydrogen-bond donors (Lipinski definition) is 2. The van der Waals surface area contributed by atoms with E-state index in [0.29, 0.717) is 0 Å². The average Bonchev–Trinajstić information content (AvgIpc) is 2.83. The van der Waals surface area contributed by atoms with Crippen molar-refractivity contribution in [2.24, 2.45) is 0 Å². The molecule has 0 spiro atoms. The van der Waals surface area contributed by atoms with E-state index in [1.165, 1.54) is 12.1 Å². The highest BCUT2D eigenvalue weighted by Crippen LogP contribution is 2.36. The summed E-state index contributed by atoms with van der Waals surface area (Å²) in [7, 11) is 0. The Bertz CT molecular complexity index is 597. The van der Waals surface area contributed by atoms with E-state index in [0.717, 1.165) is 12.4 Å². The van der Waals surface area contributed by atoms with Crippen molar-refractivity contribution in [1.82, 2.24) is 15.2 Å². The predicted octanol–water partition coefficient (Wildman–Crippen LogP) is 2.84. The molecule has 0 fully saturated rings. The Morgan fingerprint density at radius 2 is 2.11 bits per heavy atom. The van der Waals surface area contributed by atoms with E-state index < -0.39 is 17.6 Å². The topological polar surface area (TPSA) is 70.7 Å². The first-order chi connectivity index (χ1) is 8.88. The van der Waals surface area contributed by atoms with Crippen LogP contribution in [0.15, 0.2) is 29.0 Å². The van der Waals surface area contributed by atoms with Gasteiger partial charge < -0.3 is 5.32 Å². The molecule has 5 nitrogen and oxygen atoms in total. The third-order valence-corrected chi connectivity index (χ3v) is 2.85. The third kappa shape index (κ3) is 3.11. The third-order valence-electron chi connectivity index (χ3n) is 2.16. The molecule has 9 heteroatoms. The van der Waals surface area contributed by atoms with Gasteiger partial charge in [0.05, 0.1) is 5.56 Å². The minimum absolute atomic E-state index is 0.0110. The number of nitrogens with zero attached hydrogens (tertiary/aromatic N) is 2. The van der Waals surface area contributed by atoms with Gasteiger partial charge in [0.15, 0.2) is 0 Å². The second-order valence-electron chi connectivity index (χ2n) is 3.48. The Morgan fingerprint density at radius 3 is 2.68 bits per heavy atom. The molecule has 1 amide bonds. The van der Waals surface area contributed by atoms with Crippen LogP contribution in [0.5, 0.6) is 0 Å². The largest absolute Gasteiger partial charge is 0.417 e. The number of aromatic amines is 1. The summed E-state index contributed by atoms with van der Waals surface area (Å²) in [6, 6.07) is 3.38. The highest BCUT2D eigenvalue weighted by atomic mass is 79.9. The lowest BCUT2D eigenvalue weighted by Crippen LogP contribution is -2.15. The van der Waals surface area contributed by atoms with Gasteiger partial charge in [0.2, 0.25) is 5.82 Å². The zero-order valence-electron chi connectivity index (χ0n) is 9.12. The number of alkyl halides is 3. The quantitative estimate of drug-likeness (QED) is 0.887. The number of carbonyl (C=O) groups excluding carboxylic acids is 1. The summed E-state index contributed by atoms with van der Waals surface area (Å²) in [4.78, 5) is 15.2. The number of amides is 1. The van der Waals surface area contributed by atoms with Crippen LogP contribution in [0, 0.1) is 0 Å². The monoisotopic (exact) mass is 334 g/mol. The van der Waals surface area contributed by atoms with Crippen molar-refractivity contribution in [2.45, 2.75) is 6.18 Å². The molecule has 100 valence electrons. The molecule has 2 N–H and O–H groups in total. The fraction of sp³-hybridized carbons (Fsp3) is 0.100. The summed E-state index contributed by atoms with van der Waals surface area (Å²) in [6.45, 7) is 0. The maximum atomic E-state index is 12.7. The molecule has 0 saturated carbocycles. The van der Waals surface area contributed by atoms with Crippen LogP contribution in [0.2, 0.25) is 0 Å². The predicted molar refractivity (Wildman–Crippen MR) is 63.5 cm³/mol. The van der Waals surface area contributed by atoms with Crippen molar-refractivity contribution >= 4 is 27.5 Å². The number of nitrogens with one attached hydrogen (secondary N) is 2. The molecule has 2 rings (SSSR count). The molecule has 2 aromatic rings. The Labute approximate surface area is 113 Å². The van der Waals surface area contributed by atoms with Crippen LogP contribution in [0.3, 0.4) is 0 Å². The van der Waals surface area contributed by atoms with E-state index in [1.807, 2.05) is 0 Å². The molecule has 1 aromatic carbocycles. The van der Waals surface area contributed by atoms with Gasteiger partial charge in [-0.15, -0.1) is 0 Å². The summed E-state index contributed by atoms with van der Waals surface area (Å²) in [6.07, 6.45) is -3.39. The molecule has 0 saturated heterocycles. The van der Waals surface area contributed by atoms with E-state index >= 15 is 0 Å². The SMILES string of the molecule is O=C(Nc1ccc(Br)c(C(F)(F)F)c1)c1ncn[nH]1. The lowest BCUT2D eigenvalue weighted by Gasteiger charge is -2.11. The summed E-state index contributed by atoms with van der Waals surface area (Å²) in [5.41, 5.74) is -0.861. The van der Waals surface area contributed by atoms with E-state index in [9.17, 15) is 18.0 Å². The number of aromatic nitrogens is 3. The van der Waals surface area contributed by atoms with Crippen LogP contribution >= 0.6 is 15.9 Å². The van der Waals surface area contributed by atoms with Crippen LogP contribution in [-0.2, 0) is 6.18 Å². The highest BCUT2D eigenvalue weighted by Gasteiger charge is 2.33. The zero-order valence-corrected chi connectivity index (χ0v) is 10.7. The average molecular weight is 335 g/mol. The minimum Gasteiger partial charge on any atom is -0.319 e. The van der Waals surface area contributed by atoms with Crippen LogP contribution in [0.25, 0.3) is 0 Å². The van der Waals surface area contributed by atoms with Crippen LogP contribution < -0.4 is 5.32 Å². The van der Waals surface area contributed by atoms with Gasteiger partial charge >= 0.3 is 6.18 Å². The molecule has 1 aromatic heterocycles. The first kappa shape index (κ1) is 13.5. The summed E-state index contributed by atoms with van der Waals surface area (Å²) in [5.74, 6) is -0.760. The number of H-pyrrole nitrogens is 1. The van der Waals surface area contributed by atoms with Gasteiger partial charge in [0.1, 0.15) is 6.33 Å². The zero-order chi connectivity index (χ0) is 14.0. The fourth-order valence-electron chi connectivity index (χ4n) is 1.33. The van der Waals surface area contributed by atoms with Crippen LogP contribution in [0.4, 0.5) is 18.9 Å². The summed E-state index contributed by atoms with van der Waals surface area (Å²) in [5, 5.41) is 8.07. The second kappa shape index (κ2) is 5.00. The van der Waals surface area contributed by atoms with Crippen molar-refractivity contribution in [3.63, 3.8) is 0 Å². The van der Waals surface area contributed by atoms with Gasteiger partial charge in [0, 0.05) is 10.2 Å². The first-order valence-electron chi connectivity index (χ1n) is 4.91. The number of anilines is 1. The van der Waals surface area contributed by atoms with Gasteiger partial charge in [-0.25, -0.2) is 4.98 Å². The highest BCUT2D eigenvalue weighted by molar-refractivity contribution is 9.10. The number of rotatable bonds is 2. The van der Waals surface area contributed by atoms with Crippen LogP contribution in [0.1, 0.15) is 16.2 Å². The second-order valence-corrected chi connectivity index (χ2v) is 4.33. The molecule has 1 heterocycles. The molecule has 0 bridgehead atoms. The van der Waals surface area contributed by atoms with Gasteiger partial charge in [0.25, 0.3) is 5.91 Å². The van der Waals surface area contributed by atoms with Gasteiger partial charge in [-0.3, -0.25) is 9.89 Å². The van der Waals surface area contributed by atoms with Gasteiger partial charge in [-0.05, 0) is 18.2 Å².